The summed E-state index contributed by atoms with van der Waals surface area (Å²) in [6.45, 7) is 7.13. The zero-order valence-electron chi connectivity index (χ0n) is 18.2. The zero-order chi connectivity index (χ0) is 21.4. The molecule has 0 unspecified atom stereocenters. The van der Waals surface area contributed by atoms with E-state index in [0.29, 0.717) is 12.8 Å². The van der Waals surface area contributed by atoms with Gasteiger partial charge in [-0.05, 0) is 86.4 Å². The van der Waals surface area contributed by atoms with E-state index in [2.05, 4.69) is 17.0 Å². The molecule has 1 saturated carbocycles. The minimum atomic E-state index is -0.809. The van der Waals surface area contributed by atoms with Gasteiger partial charge in [0.1, 0.15) is 11.6 Å². The molecule has 2 aliphatic rings. The van der Waals surface area contributed by atoms with Crippen molar-refractivity contribution in [3.05, 3.63) is 65.0 Å². The molecule has 1 aliphatic carbocycles. The molecule has 0 radical (unpaired) electrons. The first-order chi connectivity index (χ1) is 14.4. The molecule has 162 valence electrons. The van der Waals surface area contributed by atoms with E-state index >= 15 is 0 Å². The quantitative estimate of drug-likeness (QED) is 0.647. The van der Waals surface area contributed by atoms with Crippen molar-refractivity contribution < 1.29 is 14.6 Å². The van der Waals surface area contributed by atoms with Crippen LogP contribution in [0.2, 0.25) is 0 Å². The van der Waals surface area contributed by atoms with Crippen molar-refractivity contribution in [2.75, 3.05) is 19.6 Å². The molecule has 2 aromatic rings. The van der Waals surface area contributed by atoms with Gasteiger partial charge in [-0.3, -0.25) is 0 Å². The summed E-state index contributed by atoms with van der Waals surface area (Å²) >= 11 is 0. The highest BCUT2D eigenvalue weighted by Gasteiger charge is 2.40. The molecule has 0 spiro atoms. The number of hydrogen-bond acceptors (Lipinski definition) is 3. The van der Waals surface area contributed by atoms with Crippen LogP contribution in [0.1, 0.15) is 69.1 Å². The fourth-order valence-corrected chi connectivity index (χ4v) is 5.14. The number of halogens is 1. The zero-order valence-corrected chi connectivity index (χ0v) is 18.2. The molecule has 0 aromatic heterocycles. The lowest BCUT2D eigenvalue weighted by molar-refractivity contribution is 0.0283. The van der Waals surface area contributed by atoms with Crippen LogP contribution < -0.4 is 0 Å². The molecule has 2 fully saturated rings. The maximum absolute atomic E-state index is 14.2. The second kappa shape index (κ2) is 8.32. The Labute approximate surface area is 179 Å². The smallest absolute Gasteiger partial charge is 0.127 e. The first kappa shape index (κ1) is 21.3. The SMILES string of the molecule is CCC(O)(CC)c1ccc(C2(c3cc(O)cc(F)c3)CCN(CC3CC3)CC2)cc1. The van der Waals surface area contributed by atoms with E-state index in [4.69, 9.17) is 0 Å². The van der Waals surface area contributed by atoms with E-state index in [0.717, 1.165) is 48.5 Å². The van der Waals surface area contributed by atoms with E-state index in [1.54, 1.807) is 12.1 Å². The van der Waals surface area contributed by atoms with Crippen molar-refractivity contribution in [2.24, 2.45) is 5.92 Å². The van der Waals surface area contributed by atoms with E-state index in [1.165, 1.54) is 25.5 Å². The van der Waals surface area contributed by atoms with E-state index in [9.17, 15) is 14.6 Å². The molecular formula is C26H34FNO2. The fourth-order valence-electron chi connectivity index (χ4n) is 5.14. The van der Waals surface area contributed by atoms with Crippen LogP contribution in [0.15, 0.2) is 42.5 Å². The van der Waals surface area contributed by atoms with Crippen LogP contribution in [-0.4, -0.2) is 34.7 Å². The third kappa shape index (κ3) is 4.13. The molecule has 1 heterocycles. The summed E-state index contributed by atoms with van der Waals surface area (Å²) < 4.78 is 14.2. The summed E-state index contributed by atoms with van der Waals surface area (Å²) in [5.74, 6) is 0.441. The summed E-state index contributed by atoms with van der Waals surface area (Å²) in [6.07, 6.45) is 5.82. The topological polar surface area (TPSA) is 43.7 Å². The second-order valence-electron chi connectivity index (χ2n) is 9.34. The lowest BCUT2D eigenvalue weighted by Crippen LogP contribution is -2.44. The Bertz CT molecular complexity index is 843. The number of phenols is 1. The summed E-state index contributed by atoms with van der Waals surface area (Å²) in [7, 11) is 0. The first-order valence-electron chi connectivity index (χ1n) is 11.4. The third-order valence-electron chi connectivity index (χ3n) is 7.50. The van der Waals surface area contributed by atoms with Crippen molar-refractivity contribution in [2.45, 2.75) is 63.4 Å². The fraction of sp³-hybridized carbons (Fsp3) is 0.538. The van der Waals surface area contributed by atoms with Gasteiger partial charge in [0.15, 0.2) is 0 Å². The summed E-state index contributed by atoms with van der Waals surface area (Å²) in [5.41, 5.74) is 1.78. The highest BCUT2D eigenvalue weighted by atomic mass is 19.1. The summed E-state index contributed by atoms with van der Waals surface area (Å²) in [5, 5.41) is 21.0. The number of piperidine rings is 1. The molecule has 4 rings (SSSR count). The number of nitrogens with zero attached hydrogens (tertiary/aromatic N) is 1. The Morgan fingerprint density at radius 1 is 1.00 bits per heavy atom. The highest BCUT2D eigenvalue weighted by Crippen LogP contribution is 2.44. The Morgan fingerprint density at radius 2 is 1.63 bits per heavy atom. The van der Waals surface area contributed by atoms with Gasteiger partial charge in [0, 0.05) is 18.0 Å². The number of benzene rings is 2. The van der Waals surface area contributed by atoms with Crippen LogP contribution in [-0.2, 0) is 11.0 Å². The molecule has 1 saturated heterocycles. The first-order valence-corrected chi connectivity index (χ1v) is 11.4. The molecule has 2 aromatic carbocycles. The van der Waals surface area contributed by atoms with Gasteiger partial charge in [-0.15, -0.1) is 0 Å². The Balaban J connectivity index is 1.69. The van der Waals surface area contributed by atoms with Gasteiger partial charge in [-0.2, -0.15) is 0 Å². The van der Waals surface area contributed by atoms with Crippen LogP contribution in [0, 0.1) is 11.7 Å². The Kier molecular flexibility index (Phi) is 5.91. The van der Waals surface area contributed by atoms with Gasteiger partial charge in [0.25, 0.3) is 0 Å². The van der Waals surface area contributed by atoms with E-state index in [-0.39, 0.29) is 11.2 Å². The highest BCUT2D eigenvalue weighted by molar-refractivity contribution is 5.44. The van der Waals surface area contributed by atoms with Gasteiger partial charge in [-0.25, -0.2) is 4.39 Å². The van der Waals surface area contributed by atoms with Crippen molar-refractivity contribution in [3.63, 3.8) is 0 Å². The van der Waals surface area contributed by atoms with Gasteiger partial charge in [-0.1, -0.05) is 38.1 Å². The average molecular weight is 412 g/mol. The lowest BCUT2D eigenvalue weighted by atomic mass is 9.67. The van der Waals surface area contributed by atoms with Crippen LogP contribution in [0.5, 0.6) is 5.75 Å². The number of hydrogen-bond donors (Lipinski definition) is 2. The van der Waals surface area contributed by atoms with Crippen molar-refractivity contribution >= 4 is 0 Å². The van der Waals surface area contributed by atoms with Crippen molar-refractivity contribution in [1.29, 1.82) is 0 Å². The minimum absolute atomic E-state index is 0.0206. The van der Waals surface area contributed by atoms with Crippen molar-refractivity contribution in [3.8, 4) is 5.75 Å². The standard InChI is InChI=1S/C26H34FNO2/c1-3-26(30,4-2)21-9-7-20(8-10-21)25(22-15-23(27)17-24(29)16-22)11-13-28(14-12-25)18-19-5-6-19/h7-10,15-17,19,29-30H,3-6,11-14,18H2,1-2H3. The second-order valence-corrected chi connectivity index (χ2v) is 9.34. The van der Waals surface area contributed by atoms with Crippen LogP contribution >= 0.6 is 0 Å². The third-order valence-corrected chi connectivity index (χ3v) is 7.50. The number of aromatic hydroxyl groups is 1. The molecule has 3 nitrogen and oxygen atoms in total. The van der Waals surface area contributed by atoms with Crippen LogP contribution in [0.3, 0.4) is 0 Å². The normalized spacial score (nSPS) is 19.7. The number of rotatable bonds is 7. The number of phenolic OH excluding ortho intramolecular Hbond substituents is 1. The molecule has 4 heteroatoms. The monoisotopic (exact) mass is 411 g/mol. The Morgan fingerprint density at radius 3 is 2.17 bits per heavy atom. The maximum atomic E-state index is 14.2. The number of aliphatic hydroxyl groups is 1. The summed E-state index contributed by atoms with van der Waals surface area (Å²) in [6, 6.07) is 12.7. The van der Waals surface area contributed by atoms with Gasteiger partial charge < -0.3 is 15.1 Å². The number of likely N-dealkylation sites (tertiary alicyclic amines) is 1. The largest absolute Gasteiger partial charge is 0.508 e. The van der Waals surface area contributed by atoms with Crippen LogP contribution in [0.4, 0.5) is 4.39 Å². The molecule has 0 atom stereocenters. The average Bonchev–Trinajstić information content (AvgIpc) is 3.57. The Hall–Kier alpha value is -1.91. The van der Waals surface area contributed by atoms with Crippen LogP contribution in [0.25, 0.3) is 0 Å². The molecule has 0 amide bonds. The van der Waals surface area contributed by atoms with Gasteiger partial charge in [0.05, 0.1) is 5.60 Å². The molecule has 30 heavy (non-hydrogen) atoms. The van der Waals surface area contributed by atoms with E-state index < -0.39 is 11.4 Å². The molecule has 0 bridgehead atoms. The van der Waals surface area contributed by atoms with Gasteiger partial charge >= 0.3 is 0 Å². The summed E-state index contributed by atoms with van der Waals surface area (Å²) in [4.78, 5) is 2.54. The molecule has 2 N–H and O–H groups in total. The van der Waals surface area contributed by atoms with E-state index in [1.807, 2.05) is 26.0 Å². The minimum Gasteiger partial charge on any atom is -0.508 e. The maximum Gasteiger partial charge on any atom is 0.127 e. The van der Waals surface area contributed by atoms with Gasteiger partial charge in [0.2, 0.25) is 0 Å². The predicted molar refractivity (Wildman–Crippen MR) is 118 cm³/mol. The lowest BCUT2D eigenvalue weighted by Gasteiger charge is -2.43. The predicted octanol–water partition coefficient (Wildman–Crippen LogP) is 5.33. The molecule has 1 aliphatic heterocycles. The molecular weight excluding hydrogens is 377 g/mol. The van der Waals surface area contributed by atoms with Crippen molar-refractivity contribution in [1.82, 2.24) is 4.90 Å².